The largest absolute Gasteiger partial charge is 0.398 e. The van der Waals surface area contributed by atoms with Crippen LogP contribution in [0.2, 0.25) is 0 Å². The molecule has 0 radical (unpaired) electrons. The van der Waals surface area contributed by atoms with Gasteiger partial charge in [0, 0.05) is 10.6 Å². The van der Waals surface area contributed by atoms with Crippen LogP contribution in [-0.4, -0.2) is 5.75 Å². The van der Waals surface area contributed by atoms with E-state index in [2.05, 4.69) is 19.1 Å². The van der Waals surface area contributed by atoms with Crippen molar-refractivity contribution in [2.75, 3.05) is 11.5 Å². The van der Waals surface area contributed by atoms with Crippen molar-refractivity contribution in [3.05, 3.63) is 24.3 Å². The number of hydrogen-bond acceptors (Lipinski definition) is 2. The Hall–Kier alpha value is -0.630. The number of hydrogen-bond donors (Lipinski definition) is 1. The van der Waals surface area contributed by atoms with Gasteiger partial charge in [0.25, 0.3) is 0 Å². The van der Waals surface area contributed by atoms with E-state index >= 15 is 0 Å². The lowest BCUT2D eigenvalue weighted by molar-refractivity contribution is 0.538. The number of benzene rings is 1. The molecule has 0 atom stereocenters. The molecule has 0 saturated carbocycles. The van der Waals surface area contributed by atoms with Gasteiger partial charge in [-0.2, -0.15) is 0 Å². The van der Waals surface area contributed by atoms with E-state index in [9.17, 15) is 0 Å². The fourth-order valence-corrected chi connectivity index (χ4v) is 4.07. The van der Waals surface area contributed by atoms with Crippen molar-refractivity contribution in [3.63, 3.8) is 0 Å². The number of unbranched alkanes of at least 4 members (excludes halogenated alkanes) is 13. The third-order valence-corrected chi connectivity index (χ3v) is 5.85. The summed E-state index contributed by atoms with van der Waals surface area (Å²) in [6, 6.07) is 8.20. The standard InChI is InChI=1S/C22H39NS/c1-2-3-4-5-6-7-8-9-10-11-12-13-14-17-20-24-22-19-16-15-18-21(22)23/h15-16,18-19H,2-14,17,20,23H2,1H3. The van der Waals surface area contributed by atoms with Crippen LogP contribution in [-0.2, 0) is 0 Å². The first kappa shape index (κ1) is 21.4. The summed E-state index contributed by atoms with van der Waals surface area (Å²) < 4.78 is 0. The molecule has 0 aliphatic heterocycles. The quantitative estimate of drug-likeness (QED) is 0.187. The van der Waals surface area contributed by atoms with Crippen molar-refractivity contribution in [2.24, 2.45) is 0 Å². The monoisotopic (exact) mass is 349 g/mol. The molecule has 0 amide bonds. The van der Waals surface area contributed by atoms with E-state index in [0.717, 1.165) is 5.69 Å². The van der Waals surface area contributed by atoms with Crippen molar-refractivity contribution >= 4 is 17.4 Å². The van der Waals surface area contributed by atoms with Crippen LogP contribution >= 0.6 is 11.8 Å². The molecule has 0 unspecified atom stereocenters. The Morgan fingerprint density at radius 2 is 1.12 bits per heavy atom. The van der Waals surface area contributed by atoms with E-state index in [0.29, 0.717) is 0 Å². The second-order valence-corrected chi connectivity index (χ2v) is 8.12. The first-order chi connectivity index (χ1) is 11.8. The summed E-state index contributed by atoms with van der Waals surface area (Å²) in [5, 5.41) is 0. The molecular formula is C22H39NS. The van der Waals surface area contributed by atoms with Gasteiger partial charge >= 0.3 is 0 Å². The molecule has 0 spiro atoms. The van der Waals surface area contributed by atoms with Crippen LogP contribution in [0.3, 0.4) is 0 Å². The number of anilines is 1. The highest BCUT2D eigenvalue weighted by molar-refractivity contribution is 7.99. The molecule has 0 aliphatic carbocycles. The first-order valence-corrected chi connectivity index (χ1v) is 11.3. The van der Waals surface area contributed by atoms with E-state index in [1.54, 1.807) is 0 Å². The zero-order chi connectivity index (χ0) is 17.3. The molecule has 0 bridgehead atoms. The number of nitrogens with two attached hydrogens (primary N) is 1. The molecule has 138 valence electrons. The SMILES string of the molecule is CCCCCCCCCCCCCCCCSc1ccccc1N. The summed E-state index contributed by atoms with van der Waals surface area (Å²) in [7, 11) is 0. The second-order valence-electron chi connectivity index (χ2n) is 6.98. The number of para-hydroxylation sites is 1. The van der Waals surface area contributed by atoms with Gasteiger partial charge < -0.3 is 5.73 Å². The van der Waals surface area contributed by atoms with Gasteiger partial charge in [-0.25, -0.2) is 0 Å². The van der Waals surface area contributed by atoms with Gasteiger partial charge in [0.15, 0.2) is 0 Å². The van der Waals surface area contributed by atoms with Gasteiger partial charge in [-0.05, 0) is 24.3 Å². The Morgan fingerprint density at radius 1 is 0.667 bits per heavy atom. The summed E-state index contributed by atoms with van der Waals surface area (Å²) >= 11 is 1.91. The molecule has 0 aromatic heterocycles. The Morgan fingerprint density at radius 3 is 1.62 bits per heavy atom. The van der Waals surface area contributed by atoms with E-state index in [4.69, 9.17) is 5.73 Å². The molecule has 1 aromatic carbocycles. The molecule has 0 fully saturated rings. The zero-order valence-corrected chi connectivity index (χ0v) is 16.7. The average molecular weight is 350 g/mol. The summed E-state index contributed by atoms with van der Waals surface area (Å²) in [5.41, 5.74) is 6.88. The van der Waals surface area contributed by atoms with Crippen LogP contribution < -0.4 is 5.73 Å². The van der Waals surface area contributed by atoms with E-state index in [1.165, 1.54) is 101 Å². The van der Waals surface area contributed by atoms with Crippen molar-refractivity contribution in [3.8, 4) is 0 Å². The lowest BCUT2D eigenvalue weighted by atomic mass is 10.0. The molecule has 0 heterocycles. The topological polar surface area (TPSA) is 26.0 Å². The molecule has 0 aliphatic rings. The average Bonchev–Trinajstić information content (AvgIpc) is 2.60. The molecule has 24 heavy (non-hydrogen) atoms. The van der Waals surface area contributed by atoms with Crippen LogP contribution in [0.1, 0.15) is 96.8 Å². The third kappa shape index (κ3) is 11.8. The van der Waals surface area contributed by atoms with Gasteiger partial charge in [0.2, 0.25) is 0 Å². The molecule has 1 aromatic rings. The fraction of sp³-hybridized carbons (Fsp3) is 0.727. The molecule has 0 saturated heterocycles. The van der Waals surface area contributed by atoms with Gasteiger partial charge in [0.05, 0.1) is 0 Å². The summed E-state index contributed by atoms with van der Waals surface area (Å²) in [6.45, 7) is 2.29. The van der Waals surface area contributed by atoms with Gasteiger partial charge in [-0.3, -0.25) is 0 Å². The number of rotatable bonds is 16. The fourth-order valence-electron chi connectivity index (χ4n) is 3.09. The van der Waals surface area contributed by atoms with Crippen LogP contribution in [0.4, 0.5) is 5.69 Å². The van der Waals surface area contributed by atoms with Crippen LogP contribution in [0.25, 0.3) is 0 Å². The molecule has 1 rings (SSSR count). The first-order valence-electron chi connectivity index (χ1n) is 10.3. The maximum atomic E-state index is 5.96. The molecule has 2 N–H and O–H groups in total. The number of thioether (sulfide) groups is 1. The minimum atomic E-state index is 0.924. The highest BCUT2D eigenvalue weighted by atomic mass is 32.2. The summed E-state index contributed by atoms with van der Waals surface area (Å²) in [5.74, 6) is 1.20. The number of nitrogen functional groups attached to an aromatic ring is 1. The van der Waals surface area contributed by atoms with E-state index in [-0.39, 0.29) is 0 Å². The van der Waals surface area contributed by atoms with Crippen molar-refractivity contribution in [1.29, 1.82) is 0 Å². The van der Waals surface area contributed by atoms with Gasteiger partial charge in [0.1, 0.15) is 0 Å². The smallest absolute Gasteiger partial charge is 0.0452 e. The maximum absolute atomic E-state index is 5.96. The predicted octanol–water partition coefficient (Wildman–Crippen LogP) is 7.84. The lowest BCUT2D eigenvalue weighted by Gasteiger charge is -2.05. The van der Waals surface area contributed by atoms with E-state index < -0.39 is 0 Å². The van der Waals surface area contributed by atoms with Crippen LogP contribution in [0.5, 0.6) is 0 Å². The van der Waals surface area contributed by atoms with Crippen molar-refractivity contribution < 1.29 is 0 Å². The third-order valence-electron chi connectivity index (χ3n) is 4.67. The van der Waals surface area contributed by atoms with Gasteiger partial charge in [-0.15, -0.1) is 11.8 Å². The summed E-state index contributed by atoms with van der Waals surface area (Å²) in [4.78, 5) is 1.24. The zero-order valence-electron chi connectivity index (χ0n) is 15.9. The minimum absolute atomic E-state index is 0.924. The Balaban J connectivity index is 1.77. The van der Waals surface area contributed by atoms with E-state index in [1.807, 2.05) is 23.9 Å². The highest BCUT2D eigenvalue weighted by Crippen LogP contribution is 2.25. The Labute approximate surface area is 155 Å². The predicted molar refractivity (Wildman–Crippen MR) is 112 cm³/mol. The van der Waals surface area contributed by atoms with Crippen molar-refractivity contribution in [2.45, 2.75) is 102 Å². The molecular weight excluding hydrogens is 310 g/mol. The normalized spacial score (nSPS) is 11.0. The van der Waals surface area contributed by atoms with Crippen LogP contribution in [0, 0.1) is 0 Å². The molecule has 1 nitrogen and oxygen atoms in total. The Kier molecular flexibility index (Phi) is 14.2. The van der Waals surface area contributed by atoms with Crippen molar-refractivity contribution in [1.82, 2.24) is 0 Å². The minimum Gasteiger partial charge on any atom is -0.398 e. The lowest BCUT2D eigenvalue weighted by Crippen LogP contribution is -1.89. The Bertz CT molecular complexity index is 391. The maximum Gasteiger partial charge on any atom is 0.0452 e. The summed E-state index contributed by atoms with van der Waals surface area (Å²) in [6.07, 6.45) is 19.9. The highest BCUT2D eigenvalue weighted by Gasteiger charge is 1.98. The van der Waals surface area contributed by atoms with Crippen LogP contribution in [0.15, 0.2) is 29.2 Å². The van der Waals surface area contributed by atoms with Gasteiger partial charge in [-0.1, -0.05) is 103 Å². The molecule has 2 heteroatoms. The second kappa shape index (κ2) is 15.9.